The molecule has 0 saturated heterocycles. The zero-order chi connectivity index (χ0) is 16.0. The molecule has 0 amide bonds. The van der Waals surface area contributed by atoms with Crippen LogP contribution in [0.3, 0.4) is 0 Å². The molecule has 0 unspecified atom stereocenters. The van der Waals surface area contributed by atoms with Gasteiger partial charge in [0.25, 0.3) is 0 Å². The molecule has 0 aliphatic rings. The smallest absolute Gasteiger partial charge is 0.203 e. The topological polar surface area (TPSA) is 54.0 Å². The van der Waals surface area contributed by atoms with Crippen LogP contribution in [-0.2, 0) is 4.74 Å². The summed E-state index contributed by atoms with van der Waals surface area (Å²) in [6.45, 7) is 3.91. The summed E-state index contributed by atoms with van der Waals surface area (Å²) in [6, 6.07) is 3.34. The summed E-state index contributed by atoms with van der Waals surface area (Å²) < 4.78 is 21.1. The molecule has 0 radical (unpaired) electrons. The first-order valence-corrected chi connectivity index (χ1v) is 6.77. The predicted octanol–water partition coefficient (Wildman–Crippen LogP) is 3.10. The summed E-state index contributed by atoms with van der Waals surface area (Å²) in [5, 5.41) is 0. The molecule has 0 fully saturated rings. The van der Waals surface area contributed by atoms with Gasteiger partial charge >= 0.3 is 0 Å². The summed E-state index contributed by atoms with van der Waals surface area (Å²) in [4.78, 5) is 12.3. The van der Waals surface area contributed by atoms with Crippen LogP contribution in [0, 0.1) is 0 Å². The third-order valence-electron chi connectivity index (χ3n) is 3.49. The molecule has 1 rings (SSSR count). The summed E-state index contributed by atoms with van der Waals surface area (Å²) >= 11 is 0. The Kier molecular flexibility index (Phi) is 6.03. The molecule has 0 bridgehead atoms. The van der Waals surface area contributed by atoms with Gasteiger partial charge in [0, 0.05) is 19.1 Å². The third-order valence-corrected chi connectivity index (χ3v) is 3.49. The molecule has 0 atom stereocenters. The van der Waals surface area contributed by atoms with Gasteiger partial charge in [-0.2, -0.15) is 0 Å². The highest BCUT2D eigenvalue weighted by Gasteiger charge is 2.21. The normalized spacial score (nSPS) is 11.1. The van der Waals surface area contributed by atoms with Gasteiger partial charge in [-0.05, 0) is 32.4 Å². The van der Waals surface area contributed by atoms with Crippen molar-refractivity contribution in [2.75, 3.05) is 28.4 Å². The second kappa shape index (κ2) is 7.31. The minimum Gasteiger partial charge on any atom is -0.493 e. The Morgan fingerprint density at radius 1 is 1.00 bits per heavy atom. The second-order valence-electron chi connectivity index (χ2n) is 5.30. The Bertz CT molecular complexity index is 468. The number of carbonyl (C=O) groups excluding carboxylic acids is 1. The van der Waals surface area contributed by atoms with E-state index in [4.69, 9.17) is 18.9 Å². The second-order valence-corrected chi connectivity index (χ2v) is 5.30. The fourth-order valence-corrected chi connectivity index (χ4v) is 1.90. The van der Waals surface area contributed by atoms with Gasteiger partial charge in [0.05, 0.1) is 26.9 Å². The van der Waals surface area contributed by atoms with E-state index in [1.807, 2.05) is 13.8 Å². The van der Waals surface area contributed by atoms with Crippen molar-refractivity contribution in [1.82, 2.24) is 0 Å². The van der Waals surface area contributed by atoms with Gasteiger partial charge in [-0.3, -0.25) is 4.79 Å². The molecule has 0 spiro atoms. The first-order valence-electron chi connectivity index (χ1n) is 6.77. The number of rotatable bonds is 8. The third kappa shape index (κ3) is 4.36. The lowest BCUT2D eigenvalue weighted by atomic mass is 9.97. The van der Waals surface area contributed by atoms with Crippen LogP contribution in [0.5, 0.6) is 17.2 Å². The van der Waals surface area contributed by atoms with E-state index in [1.54, 1.807) is 19.2 Å². The largest absolute Gasteiger partial charge is 0.493 e. The first kappa shape index (κ1) is 17.3. The molecule has 0 aliphatic heterocycles. The minimum absolute atomic E-state index is 0.0133. The molecule has 21 heavy (non-hydrogen) atoms. The van der Waals surface area contributed by atoms with Crippen molar-refractivity contribution < 1.29 is 23.7 Å². The number of methoxy groups -OCH3 is 4. The van der Waals surface area contributed by atoms with Crippen molar-refractivity contribution in [2.45, 2.75) is 32.3 Å². The van der Waals surface area contributed by atoms with Gasteiger partial charge in [-0.1, -0.05) is 0 Å². The van der Waals surface area contributed by atoms with Crippen LogP contribution in [-0.4, -0.2) is 39.8 Å². The van der Waals surface area contributed by atoms with Crippen molar-refractivity contribution in [1.29, 1.82) is 0 Å². The summed E-state index contributed by atoms with van der Waals surface area (Å²) in [5.41, 5.74) is 0.215. The van der Waals surface area contributed by atoms with Gasteiger partial charge in [-0.15, -0.1) is 0 Å². The number of hydrogen-bond donors (Lipinski definition) is 0. The maximum atomic E-state index is 12.3. The number of carbonyl (C=O) groups is 1. The highest BCUT2D eigenvalue weighted by Crippen LogP contribution is 2.38. The summed E-state index contributed by atoms with van der Waals surface area (Å²) in [7, 11) is 6.23. The first-order chi connectivity index (χ1) is 9.88. The molecule has 1 aromatic rings. The average molecular weight is 296 g/mol. The molecule has 0 heterocycles. The summed E-state index contributed by atoms with van der Waals surface area (Å²) in [5.74, 6) is 1.45. The van der Waals surface area contributed by atoms with Crippen molar-refractivity contribution >= 4 is 5.78 Å². The molecule has 118 valence electrons. The van der Waals surface area contributed by atoms with E-state index in [2.05, 4.69) is 0 Å². The number of benzene rings is 1. The van der Waals surface area contributed by atoms with Crippen LogP contribution in [0.25, 0.3) is 0 Å². The Morgan fingerprint density at radius 2 is 1.52 bits per heavy atom. The van der Waals surface area contributed by atoms with Crippen molar-refractivity contribution in [3.63, 3.8) is 0 Å². The molecular weight excluding hydrogens is 272 g/mol. The lowest BCUT2D eigenvalue weighted by molar-refractivity contribution is 0.0141. The van der Waals surface area contributed by atoms with E-state index in [1.165, 1.54) is 21.3 Å². The van der Waals surface area contributed by atoms with Gasteiger partial charge in [0.1, 0.15) is 0 Å². The van der Waals surface area contributed by atoms with Gasteiger partial charge in [-0.25, -0.2) is 0 Å². The SMILES string of the molecule is COc1cc(C(=O)CCC(C)(C)OC)cc(OC)c1OC. The Morgan fingerprint density at radius 3 is 1.90 bits per heavy atom. The molecule has 0 N–H and O–H groups in total. The van der Waals surface area contributed by atoms with Gasteiger partial charge < -0.3 is 18.9 Å². The van der Waals surface area contributed by atoms with Gasteiger partial charge in [0.2, 0.25) is 5.75 Å². The highest BCUT2D eigenvalue weighted by atomic mass is 16.5. The van der Waals surface area contributed by atoms with Crippen LogP contribution in [0.2, 0.25) is 0 Å². The minimum atomic E-state index is -0.323. The van der Waals surface area contributed by atoms with Crippen molar-refractivity contribution in [2.24, 2.45) is 0 Å². The van der Waals surface area contributed by atoms with E-state index in [0.717, 1.165) is 0 Å². The molecule has 0 aliphatic carbocycles. The fourth-order valence-electron chi connectivity index (χ4n) is 1.90. The average Bonchev–Trinajstić information content (AvgIpc) is 2.50. The molecular formula is C16H24O5. The van der Waals surface area contributed by atoms with E-state index in [9.17, 15) is 4.79 Å². The van der Waals surface area contributed by atoms with Crippen molar-refractivity contribution in [3.05, 3.63) is 17.7 Å². The molecule has 1 aromatic carbocycles. The predicted molar refractivity (Wildman–Crippen MR) is 80.8 cm³/mol. The maximum absolute atomic E-state index is 12.3. The highest BCUT2D eigenvalue weighted by molar-refractivity contribution is 5.97. The lowest BCUT2D eigenvalue weighted by Crippen LogP contribution is -2.23. The molecule has 0 aromatic heterocycles. The standard InChI is InChI=1S/C16H24O5/c1-16(2,21-6)8-7-12(17)11-9-13(18-3)15(20-5)14(10-11)19-4/h9-10H,7-8H2,1-6H3. The summed E-state index contributed by atoms with van der Waals surface area (Å²) in [6.07, 6.45) is 1.03. The number of hydrogen-bond acceptors (Lipinski definition) is 5. The molecule has 5 heteroatoms. The zero-order valence-electron chi connectivity index (χ0n) is 13.6. The quantitative estimate of drug-likeness (QED) is 0.690. The van der Waals surface area contributed by atoms with E-state index >= 15 is 0 Å². The van der Waals surface area contributed by atoms with Crippen LogP contribution < -0.4 is 14.2 Å². The zero-order valence-corrected chi connectivity index (χ0v) is 13.6. The molecule has 5 nitrogen and oxygen atoms in total. The molecule has 0 saturated carbocycles. The maximum Gasteiger partial charge on any atom is 0.203 e. The number of ketones is 1. The van der Waals surface area contributed by atoms with Crippen LogP contribution in [0.15, 0.2) is 12.1 Å². The van der Waals surface area contributed by atoms with Crippen LogP contribution >= 0.6 is 0 Å². The number of Topliss-reactive ketones (excluding diaryl/α,β-unsaturated/α-hetero) is 1. The fraction of sp³-hybridized carbons (Fsp3) is 0.562. The van der Waals surface area contributed by atoms with Crippen molar-refractivity contribution in [3.8, 4) is 17.2 Å². The monoisotopic (exact) mass is 296 g/mol. The lowest BCUT2D eigenvalue weighted by Gasteiger charge is -2.22. The van der Waals surface area contributed by atoms with Crippen LogP contribution in [0.1, 0.15) is 37.0 Å². The number of ether oxygens (including phenoxy) is 4. The van der Waals surface area contributed by atoms with E-state index < -0.39 is 0 Å². The van der Waals surface area contributed by atoms with E-state index in [-0.39, 0.29) is 11.4 Å². The van der Waals surface area contributed by atoms with Gasteiger partial charge in [0.15, 0.2) is 17.3 Å². The Hall–Kier alpha value is -1.75. The van der Waals surface area contributed by atoms with E-state index in [0.29, 0.717) is 35.7 Å². The Balaban J connectivity index is 3.00. The Labute approximate surface area is 126 Å². The van der Waals surface area contributed by atoms with Crippen LogP contribution in [0.4, 0.5) is 0 Å².